The predicted molar refractivity (Wildman–Crippen MR) is 81.2 cm³/mol. The van der Waals surface area contributed by atoms with Gasteiger partial charge in [0, 0.05) is 12.0 Å². The average Bonchev–Trinajstić information content (AvgIpc) is 2.85. The van der Waals surface area contributed by atoms with Crippen LogP contribution in [0.5, 0.6) is 0 Å². The van der Waals surface area contributed by atoms with E-state index in [9.17, 15) is 0 Å². The molecule has 3 nitrogen and oxygen atoms in total. The Balaban J connectivity index is 2.00. The molecule has 2 unspecified atom stereocenters. The number of hydrogen-bond acceptors (Lipinski definition) is 3. The zero-order valence-corrected chi connectivity index (χ0v) is 12.7. The first-order valence-electron chi connectivity index (χ1n) is 7.13. The summed E-state index contributed by atoms with van der Waals surface area (Å²) >= 11 is 6.19. The smallest absolute Gasteiger partial charge is 0.152 e. The molecule has 0 aliphatic carbocycles. The Hall–Kier alpha value is -1.03. The molecule has 1 fully saturated rings. The van der Waals surface area contributed by atoms with Crippen molar-refractivity contribution in [2.45, 2.75) is 37.8 Å². The van der Waals surface area contributed by atoms with Crippen molar-refractivity contribution in [1.29, 1.82) is 0 Å². The van der Waals surface area contributed by atoms with Crippen molar-refractivity contribution in [2.75, 3.05) is 13.7 Å². The SMILES string of the molecule is CNC(c1cc2cccc(Cl)c2o1)C1(C)CCCCO1. The number of benzene rings is 1. The summed E-state index contributed by atoms with van der Waals surface area (Å²) in [7, 11) is 1.95. The minimum absolute atomic E-state index is 0.0336. The molecule has 0 radical (unpaired) electrons. The molecule has 1 aliphatic heterocycles. The molecule has 2 atom stereocenters. The van der Waals surface area contributed by atoms with Gasteiger partial charge in [0.1, 0.15) is 5.76 Å². The molecule has 0 bridgehead atoms. The van der Waals surface area contributed by atoms with Crippen molar-refractivity contribution in [1.82, 2.24) is 5.32 Å². The first-order chi connectivity index (χ1) is 9.64. The van der Waals surface area contributed by atoms with E-state index >= 15 is 0 Å². The van der Waals surface area contributed by atoms with Gasteiger partial charge in [0.2, 0.25) is 0 Å². The molecule has 2 aromatic rings. The number of nitrogens with one attached hydrogen (secondary N) is 1. The van der Waals surface area contributed by atoms with Crippen LogP contribution in [-0.4, -0.2) is 19.3 Å². The summed E-state index contributed by atoms with van der Waals surface area (Å²) in [4.78, 5) is 0. The Morgan fingerprint density at radius 3 is 2.85 bits per heavy atom. The molecule has 4 heteroatoms. The van der Waals surface area contributed by atoms with Gasteiger partial charge in [-0.15, -0.1) is 0 Å². The van der Waals surface area contributed by atoms with E-state index in [1.54, 1.807) is 0 Å². The fourth-order valence-corrected chi connectivity index (χ4v) is 3.34. The van der Waals surface area contributed by atoms with Gasteiger partial charge in [-0.2, -0.15) is 0 Å². The van der Waals surface area contributed by atoms with Crippen molar-refractivity contribution in [3.8, 4) is 0 Å². The monoisotopic (exact) mass is 293 g/mol. The molecule has 1 aliphatic rings. The van der Waals surface area contributed by atoms with Crippen LogP contribution < -0.4 is 5.32 Å². The summed E-state index contributed by atoms with van der Waals surface area (Å²) in [5, 5.41) is 5.03. The molecule has 2 heterocycles. The Bertz CT molecular complexity index is 602. The van der Waals surface area contributed by atoms with Gasteiger partial charge >= 0.3 is 0 Å². The van der Waals surface area contributed by atoms with Crippen molar-refractivity contribution in [3.63, 3.8) is 0 Å². The zero-order valence-electron chi connectivity index (χ0n) is 11.9. The van der Waals surface area contributed by atoms with Gasteiger partial charge in [-0.25, -0.2) is 0 Å². The number of halogens is 1. The molecule has 0 spiro atoms. The Morgan fingerprint density at radius 2 is 2.20 bits per heavy atom. The van der Waals surface area contributed by atoms with Crippen LogP contribution in [-0.2, 0) is 4.74 Å². The zero-order chi connectivity index (χ0) is 14.2. The van der Waals surface area contributed by atoms with E-state index in [0.717, 1.165) is 36.2 Å². The Labute approximate surface area is 124 Å². The highest BCUT2D eigenvalue weighted by Gasteiger charge is 2.39. The number of hydrogen-bond donors (Lipinski definition) is 1. The standard InChI is InChI=1S/C16H20ClNO2/c1-16(8-3-4-9-19-16)15(18-2)13-10-11-6-5-7-12(17)14(11)20-13/h5-7,10,15,18H,3-4,8-9H2,1-2H3. The van der Waals surface area contributed by atoms with Crippen LogP contribution in [0.4, 0.5) is 0 Å². The maximum atomic E-state index is 6.19. The van der Waals surface area contributed by atoms with Crippen LogP contribution in [0.25, 0.3) is 11.0 Å². The summed E-state index contributed by atoms with van der Waals surface area (Å²) in [6, 6.07) is 7.91. The van der Waals surface area contributed by atoms with Gasteiger partial charge in [0.25, 0.3) is 0 Å². The topological polar surface area (TPSA) is 34.4 Å². The third-order valence-corrected chi connectivity index (χ3v) is 4.50. The van der Waals surface area contributed by atoms with Gasteiger partial charge in [-0.3, -0.25) is 0 Å². The first-order valence-corrected chi connectivity index (χ1v) is 7.51. The molecular weight excluding hydrogens is 274 g/mol. The molecule has 20 heavy (non-hydrogen) atoms. The lowest BCUT2D eigenvalue weighted by atomic mass is 9.87. The molecule has 1 aromatic carbocycles. The fraction of sp³-hybridized carbons (Fsp3) is 0.500. The molecule has 1 saturated heterocycles. The van der Waals surface area contributed by atoms with Crippen molar-refractivity contribution < 1.29 is 9.15 Å². The summed E-state index contributed by atoms with van der Waals surface area (Å²) in [5.41, 5.74) is 0.525. The maximum Gasteiger partial charge on any atom is 0.152 e. The number of rotatable bonds is 3. The summed E-state index contributed by atoms with van der Waals surface area (Å²) < 4.78 is 12.0. The highest BCUT2D eigenvalue weighted by Crippen LogP contribution is 2.39. The number of furan rings is 1. The largest absolute Gasteiger partial charge is 0.458 e. The van der Waals surface area contributed by atoms with Crippen molar-refractivity contribution >= 4 is 22.6 Å². The Kier molecular flexibility index (Phi) is 3.76. The Morgan fingerprint density at radius 1 is 1.35 bits per heavy atom. The van der Waals surface area contributed by atoms with Crippen LogP contribution in [0.15, 0.2) is 28.7 Å². The van der Waals surface area contributed by atoms with Crippen LogP contribution in [0.3, 0.4) is 0 Å². The van der Waals surface area contributed by atoms with Crippen LogP contribution in [0.1, 0.15) is 38.0 Å². The van der Waals surface area contributed by atoms with E-state index in [2.05, 4.69) is 18.3 Å². The molecule has 1 aromatic heterocycles. The van der Waals surface area contributed by atoms with E-state index in [1.807, 2.05) is 25.2 Å². The van der Waals surface area contributed by atoms with Gasteiger partial charge in [0.15, 0.2) is 5.58 Å². The average molecular weight is 294 g/mol. The van der Waals surface area contributed by atoms with Crippen LogP contribution in [0, 0.1) is 0 Å². The van der Waals surface area contributed by atoms with E-state index in [0.29, 0.717) is 5.02 Å². The lowest BCUT2D eigenvalue weighted by Crippen LogP contribution is -2.44. The van der Waals surface area contributed by atoms with Gasteiger partial charge in [0.05, 0.1) is 16.7 Å². The van der Waals surface area contributed by atoms with E-state index in [1.165, 1.54) is 6.42 Å². The van der Waals surface area contributed by atoms with Gasteiger partial charge in [-0.1, -0.05) is 23.7 Å². The van der Waals surface area contributed by atoms with Gasteiger partial charge < -0.3 is 14.5 Å². The van der Waals surface area contributed by atoms with Crippen molar-refractivity contribution in [2.24, 2.45) is 0 Å². The molecule has 0 saturated carbocycles. The second-order valence-corrected chi connectivity index (χ2v) is 6.05. The fourth-order valence-electron chi connectivity index (χ4n) is 3.12. The van der Waals surface area contributed by atoms with Crippen molar-refractivity contribution in [3.05, 3.63) is 35.0 Å². The maximum absolute atomic E-state index is 6.19. The lowest BCUT2D eigenvalue weighted by Gasteiger charge is -2.39. The predicted octanol–water partition coefficient (Wildman–Crippen LogP) is 4.31. The highest BCUT2D eigenvalue weighted by molar-refractivity contribution is 6.34. The number of para-hydroxylation sites is 1. The summed E-state index contributed by atoms with van der Waals surface area (Å²) in [6.45, 7) is 2.97. The molecular formula is C16H20ClNO2. The number of fused-ring (bicyclic) bond motifs is 1. The van der Waals surface area contributed by atoms with E-state index in [4.69, 9.17) is 20.8 Å². The minimum Gasteiger partial charge on any atom is -0.458 e. The van der Waals surface area contributed by atoms with E-state index < -0.39 is 0 Å². The highest BCUT2D eigenvalue weighted by atomic mass is 35.5. The molecule has 0 amide bonds. The second-order valence-electron chi connectivity index (χ2n) is 5.65. The first kappa shape index (κ1) is 13.9. The molecule has 108 valence electrons. The summed E-state index contributed by atoms with van der Waals surface area (Å²) in [6.07, 6.45) is 3.36. The van der Waals surface area contributed by atoms with E-state index in [-0.39, 0.29) is 11.6 Å². The van der Waals surface area contributed by atoms with Crippen LogP contribution >= 0.6 is 11.6 Å². The van der Waals surface area contributed by atoms with Gasteiger partial charge in [-0.05, 0) is 45.4 Å². The lowest BCUT2D eigenvalue weighted by molar-refractivity contribution is -0.0919. The normalized spacial score (nSPS) is 24.9. The minimum atomic E-state index is -0.229. The number of likely N-dealkylation sites (N-methyl/N-ethyl adjacent to an activating group) is 1. The quantitative estimate of drug-likeness (QED) is 0.916. The second kappa shape index (κ2) is 5.40. The number of ether oxygens (including phenoxy) is 1. The third-order valence-electron chi connectivity index (χ3n) is 4.20. The molecule has 1 N–H and O–H groups in total. The van der Waals surface area contributed by atoms with Crippen LogP contribution in [0.2, 0.25) is 5.02 Å². The third kappa shape index (κ3) is 2.34. The summed E-state index contributed by atoms with van der Waals surface area (Å²) in [5.74, 6) is 0.889. The molecule has 3 rings (SSSR count).